The largest absolute Gasteiger partial charge is 0.354 e. The van der Waals surface area contributed by atoms with Crippen LogP contribution < -0.4 is 11.1 Å². The fourth-order valence-corrected chi connectivity index (χ4v) is 1.41. The zero-order chi connectivity index (χ0) is 13.1. The Bertz CT molecular complexity index is 378. The van der Waals surface area contributed by atoms with Crippen LogP contribution in [0.3, 0.4) is 0 Å². The summed E-state index contributed by atoms with van der Waals surface area (Å²) < 4.78 is 1.75. The average molecular weight is 238 g/mol. The van der Waals surface area contributed by atoms with Gasteiger partial charge >= 0.3 is 0 Å². The summed E-state index contributed by atoms with van der Waals surface area (Å²) in [5.41, 5.74) is 6.60. The fourth-order valence-electron chi connectivity index (χ4n) is 1.41. The van der Waals surface area contributed by atoms with Gasteiger partial charge in [-0.3, -0.25) is 9.48 Å². The van der Waals surface area contributed by atoms with Crippen LogP contribution in [0.25, 0.3) is 0 Å². The lowest BCUT2D eigenvalue weighted by Gasteiger charge is -2.25. The minimum Gasteiger partial charge on any atom is -0.354 e. The minimum absolute atomic E-state index is 0.103. The van der Waals surface area contributed by atoms with Crippen molar-refractivity contribution < 1.29 is 4.79 Å². The highest BCUT2D eigenvalue weighted by Crippen LogP contribution is 2.16. The van der Waals surface area contributed by atoms with Crippen molar-refractivity contribution in [3.8, 4) is 0 Å². The van der Waals surface area contributed by atoms with Gasteiger partial charge in [-0.05, 0) is 11.5 Å². The van der Waals surface area contributed by atoms with Crippen LogP contribution in [0.2, 0.25) is 0 Å². The summed E-state index contributed by atoms with van der Waals surface area (Å²) >= 11 is 0. The van der Waals surface area contributed by atoms with E-state index in [2.05, 4.69) is 10.4 Å². The zero-order valence-corrected chi connectivity index (χ0v) is 11.0. The Morgan fingerprint density at radius 1 is 1.59 bits per heavy atom. The second-order valence-corrected chi connectivity index (χ2v) is 5.37. The molecule has 0 aliphatic rings. The molecule has 0 radical (unpaired) electrons. The molecule has 0 unspecified atom stereocenters. The third kappa shape index (κ3) is 4.19. The summed E-state index contributed by atoms with van der Waals surface area (Å²) in [4.78, 5) is 11.7. The maximum absolute atomic E-state index is 11.7. The van der Waals surface area contributed by atoms with E-state index in [1.54, 1.807) is 4.68 Å². The van der Waals surface area contributed by atoms with Crippen LogP contribution in [0.5, 0.6) is 0 Å². The molecule has 1 rings (SSSR count). The lowest BCUT2D eigenvalue weighted by atomic mass is 9.87. The molecule has 17 heavy (non-hydrogen) atoms. The Kier molecular flexibility index (Phi) is 4.28. The van der Waals surface area contributed by atoms with Crippen molar-refractivity contribution in [1.82, 2.24) is 15.1 Å². The van der Waals surface area contributed by atoms with Crippen LogP contribution in [0.4, 0.5) is 0 Å². The topological polar surface area (TPSA) is 72.9 Å². The van der Waals surface area contributed by atoms with E-state index in [-0.39, 0.29) is 11.3 Å². The molecule has 0 saturated carbocycles. The Morgan fingerprint density at radius 2 is 2.24 bits per heavy atom. The molecule has 5 nitrogen and oxygen atoms in total. The molecule has 0 aliphatic carbocycles. The molecule has 0 saturated heterocycles. The lowest BCUT2D eigenvalue weighted by molar-refractivity contribution is -0.124. The summed E-state index contributed by atoms with van der Waals surface area (Å²) in [6, 6.07) is 1.46. The van der Waals surface area contributed by atoms with Crippen molar-refractivity contribution in [2.45, 2.75) is 33.2 Å². The molecule has 1 aromatic heterocycles. The summed E-state index contributed by atoms with van der Waals surface area (Å²) in [7, 11) is 1.87. The first-order chi connectivity index (χ1) is 7.80. The van der Waals surface area contributed by atoms with Gasteiger partial charge in [-0.1, -0.05) is 20.8 Å². The number of rotatable bonds is 4. The summed E-state index contributed by atoms with van der Waals surface area (Å²) in [6.45, 7) is 6.43. The van der Waals surface area contributed by atoms with Gasteiger partial charge in [-0.15, -0.1) is 0 Å². The number of carbonyl (C=O) groups excluding carboxylic acids is 1. The van der Waals surface area contributed by atoms with E-state index in [0.29, 0.717) is 6.54 Å². The Labute approximate surface area is 102 Å². The number of nitrogens with one attached hydrogen (secondary N) is 1. The first-order valence-electron chi connectivity index (χ1n) is 5.82. The van der Waals surface area contributed by atoms with Crippen molar-refractivity contribution in [3.05, 3.63) is 18.0 Å². The van der Waals surface area contributed by atoms with Crippen LogP contribution in [0.15, 0.2) is 12.3 Å². The predicted octanol–water partition coefficient (Wildman–Crippen LogP) is 0.452. The summed E-state index contributed by atoms with van der Waals surface area (Å²) in [5.74, 6) is -0.103. The highest BCUT2D eigenvalue weighted by molar-refractivity contribution is 5.82. The molecule has 5 heteroatoms. The quantitative estimate of drug-likeness (QED) is 0.800. The number of nitrogens with two attached hydrogens (primary N) is 1. The number of hydrogen-bond donors (Lipinski definition) is 2. The monoisotopic (exact) mass is 238 g/mol. The summed E-state index contributed by atoms with van der Waals surface area (Å²) in [6.07, 6.45) is 2.61. The van der Waals surface area contributed by atoms with Crippen LogP contribution in [-0.4, -0.2) is 28.3 Å². The molecule has 0 fully saturated rings. The molecular weight excluding hydrogens is 216 g/mol. The van der Waals surface area contributed by atoms with E-state index >= 15 is 0 Å². The molecule has 3 N–H and O–H groups in total. The molecule has 0 bridgehead atoms. The van der Waals surface area contributed by atoms with Gasteiger partial charge in [0.15, 0.2) is 0 Å². The number of amides is 1. The van der Waals surface area contributed by atoms with E-state index in [1.165, 1.54) is 0 Å². The second kappa shape index (κ2) is 5.31. The molecule has 1 amide bonds. The highest BCUT2D eigenvalue weighted by Gasteiger charge is 2.26. The minimum atomic E-state index is -0.480. The smallest absolute Gasteiger partial charge is 0.237 e. The van der Waals surface area contributed by atoms with Gasteiger partial charge in [0.05, 0.1) is 11.7 Å². The SMILES string of the molecule is Cn1ccc(CCNC(=O)[C@@H](N)C(C)(C)C)n1. The first-order valence-corrected chi connectivity index (χ1v) is 5.82. The summed E-state index contributed by atoms with van der Waals surface area (Å²) in [5, 5.41) is 7.07. The van der Waals surface area contributed by atoms with E-state index in [1.807, 2.05) is 40.1 Å². The van der Waals surface area contributed by atoms with Gasteiger partial charge in [0.2, 0.25) is 5.91 Å². The average Bonchev–Trinajstić information content (AvgIpc) is 2.61. The van der Waals surface area contributed by atoms with Crippen molar-refractivity contribution in [2.75, 3.05) is 6.54 Å². The molecule has 1 atom stereocenters. The fraction of sp³-hybridized carbons (Fsp3) is 0.667. The van der Waals surface area contributed by atoms with Crippen molar-refractivity contribution in [3.63, 3.8) is 0 Å². The molecule has 1 aromatic rings. The molecule has 96 valence electrons. The second-order valence-electron chi connectivity index (χ2n) is 5.37. The van der Waals surface area contributed by atoms with Crippen LogP contribution in [-0.2, 0) is 18.3 Å². The first kappa shape index (κ1) is 13.7. The number of carbonyl (C=O) groups is 1. The predicted molar refractivity (Wildman–Crippen MR) is 67.4 cm³/mol. The number of aryl methyl sites for hydroxylation is 1. The molecule has 1 heterocycles. The zero-order valence-electron chi connectivity index (χ0n) is 11.0. The molecule has 0 spiro atoms. The molecule has 0 aliphatic heterocycles. The van der Waals surface area contributed by atoms with E-state index in [4.69, 9.17) is 5.73 Å². The van der Waals surface area contributed by atoms with Gasteiger partial charge < -0.3 is 11.1 Å². The van der Waals surface area contributed by atoms with Crippen LogP contribution in [0.1, 0.15) is 26.5 Å². The van der Waals surface area contributed by atoms with Gasteiger partial charge in [0.25, 0.3) is 0 Å². The Hall–Kier alpha value is -1.36. The Morgan fingerprint density at radius 3 is 2.71 bits per heavy atom. The van der Waals surface area contributed by atoms with Gasteiger partial charge in [-0.2, -0.15) is 5.10 Å². The Balaban J connectivity index is 2.34. The normalized spacial score (nSPS) is 13.5. The van der Waals surface area contributed by atoms with E-state index in [0.717, 1.165) is 12.1 Å². The number of hydrogen-bond acceptors (Lipinski definition) is 3. The number of aromatic nitrogens is 2. The van der Waals surface area contributed by atoms with Crippen LogP contribution >= 0.6 is 0 Å². The maximum Gasteiger partial charge on any atom is 0.237 e. The van der Waals surface area contributed by atoms with Gasteiger partial charge in [0.1, 0.15) is 0 Å². The maximum atomic E-state index is 11.7. The van der Waals surface area contributed by atoms with Crippen LogP contribution in [0, 0.1) is 5.41 Å². The number of nitrogens with zero attached hydrogens (tertiary/aromatic N) is 2. The highest BCUT2D eigenvalue weighted by atomic mass is 16.2. The van der Waals surface area contributed by atoms with Crippen molar-refractivity contribution >= 4 is 5.91 Å². The van der Waals surface area contributed by atoms with E-state index < -0.39 is 6.04 Å². The standard InChI is InChI=1S/C12H22N4O/c1-12(2,3)10(13)11(17)14-7-5-9-6-8-16(4)15-9/h6,8,10H,5,7,13H2,1-4H3,(H,14,17)/t10-/m1/s1. The van der Waals surface area contributed by atoms with Gasteiger partial charge in [0, 0.05) is 26.2 Å². The molecule has 0 aromatic carbocycles. The molecular formula is C12H22N4O. The third-order valence-corrected chi connectivity index (χ3v) is 2.66. The van der Waals surface area contributed by atoms with Crippen molar-refractivity contribution in [1.29, 1.82) is 0 Å². The van der Waals surface area contributed by atoms with Gasteiger partial charge in [-0.25, -0.2) is 0 Å². The van der Waals surface area contributed by atoms with E-state index in [9.17, 15) is 4.79 Å². The lowest BCUT2D eigenvalue weighted by Crippen LogP contribution is -2.49. The third-order valence-electron chi connectivity index (χ3n) is 2.66. The van der Waals surface area contributed by atoms with Crippen molar-refractivity contribution in [2.24, 2.45) is 18.2 Å².